The number of amides is 1. The third kappa shape index (κ3) is 3.88. The zero-order valence-electron chi connectivity index (χ0n) is 11.9. The van der Waals surface area contributed by atoms with E-state index >= 15 is 0 Å². The van der Waals surface area contributed by atoms with Gasteiger partial charge in [0.05, 0.1) is 10.6 Å². The van der Waals surface area contributed by atoms with E-state index in [1.54, 1.807) is 0 Å². The zero-order valence-corrected chi connectivity index (χ0v) is 14.8. The van der Waals surface area contributed by atoms with Crippen LogP contribution in [0.15, 0.2) is 18.2 Å². The van der Waals surface area contributed by atoms with E-state index < -0.39 is 0 Å². The lowest BCUT2D eigenvalue weighted by atomic mass is 9.93. The van der Waals surface area contributed by atoms with Crippen molar-refractivity contribution < 1.29 is 4.79 Å². The standard InChI is InChI=1S/C16H21ClINO/c1-2-10-19(13-6-4-3-5-7-13)16(20)14-11-12(18)8-9-15(14)17/h8-9,11,13H,2-7,10H2,1H3. The Morgan fingerprint density at radius 1 is 1.35 bits per heavy atom. The van der Waals surface area contributed by atoms with Crippen molar-refractivity contribution in [1.82, 2.24) is 4.90 Å². The maximum atomic E-state index is 12.8. The minimum atomic E-state index is 0.0993. The molecule has 0 saturated heterocycles. The molecule has 1 fully saturated rings. The van der Waals surface area contributed by atoms with Gasteiger partial charge in [0.1, 0.15) is 0 Å². The van der Waals surface area contributed by atoms with Gasteiger partial charge in [0.15, 0.2) is 0 Å². The van der Waals surface area contributed by atoms with Gasteiger partial charge in [-0.25, -0.2) is 0 Å². The molecule has 2 rings (SSSR count). The van der Waals surface area contributed by atoms with E-state index in [1.165, 1.54) is 19.3 Å². The summed E-state index contributed by atoms with van der Waals surface area (Å²) in [6.07, 6.45) is 7.02. The first-order valence-electron chi connectivity index (χ1n) is 7.39. The van der Waals surface area contributed by atoms with Gasteiger partial charge in [-0.3, -0.25) is 4.79 Å². The summed E-state index contributed by atoms with van der Waals surface area (Å²) in [4.78, 5) is 14.9. The Bertz CT molecular complexity index is 472. The Balaban J connectivity index is 2.23. The number of nitrogens with zero attached hydrogens (tertiary/aromatic N) is 1. The average molecular weight is 406 g/mol. The Morgan fingerprint density at radius 2 is 2.05 bits per heavy atom. The summed E-state index contributed by atoms with van der Waals surface area (Å²) in [6.45, 7) is 2.95. The summed E-state index contributed by atoms with van der Waals surface area (Å²) in [5, 5.41) is 0.562. The lowest BCUT2D eigenvalue weighted by Gasteiger charge is -2.34. The van der Waals surface area contributed by atoms with Crippen molar-refractivity contribution in [3.8, 4) is 0 Å². The second kappa shape index (κ2) is 7.64. The normalized spacial score (nSPS) is 16.1. The number of benzene rings is 1. The van der Waals surface area contributed by atoms with Crippen LogP contribution in [0.3, 0.4) is 0 Å². The molecule has 1 saturated carbocycles. The molecule has 20 heavy (non-hydrogen) atoms. The highest BCUT2D eigenvalue weighted by atomic mass is 127. The van der Waals surface area contributed by atoms with E-state index in [1.807, 2.05) is 18.2 Å². The van der Waals surface area contributed by atoms with Crippen molar-refractivity contribution >= 4 is 40.1 Å². The van der Waals surface area contributed by atoms with Gasteiger partial charge in [-0.2, -0.15) is 0 Å². The molecule has 4 heteroatoms. The molecule has 0 atom stereocenters. The molecule has 0 spiro atoms. The molecule has 0 aliphatic heterocycles. The third-order valence-corrected chi connectivity index (χ3v) is 4.90. The van der Waals surface area contributed by atoms with Gasteiger partial charge in [-0.05, 0) is 60.1 Å². The van der Waals surface area contributed by atoms with Crippen molar-refractivity contribution in [2.45, 2.75) is 51.5 Å². The summed E-state index contributed by atoms with van der Waals surface area (Å²) in [5.41, 5.74) is 0.651. The molecule has 1 amide bonds. The van der Waals surface area contributed by atoms with Crippen LogP contribution in [-0.2, 0) is 0 Å². The SMILES string of the molecule is CCCN(C(=O)c1cc(I)ccc1Cl)C1CCCCC1. The van der Waals surface area contributed by atoms with Crippen LogP contribution in [0.4, 0.5) is 0 Å². The molecule has 0 heterocycles. The van der Waals surface area contributed by atoms with Gasteiger partial charge in [-0.15, -0.1) is 0 Å². The second-order valence-corrected chi connectivity index (χ2v) is 7.07. The Labute approximate surface area is 140 Å². The maximum Gasteiger partial charge on any atom is 0.255 e. The fourth-order valence-electron chi connectivity index (χ4n) is 2.90. The predicted molar refractivity (Wildman–Crippen MR) is 92.4 cm³/mol. The molecule has 0 radical (unpaired) electrons. The highest BCUT2D eigenvalue weighted by Crippen LogP contribution is 2.27. The number of rotatable bonds is 4. The molecule has 2 nitrogen and oxygen atoms in total. The summed E-state index contributed by atoms with van der Waals surface area (Å²) in [5.74, 6) is 0.0993. The second-order valence-electron chi connectivity index (χ2n) is 5.41. The lowest BCUT2D eigenvalue weighted by molar-refractivity contribution is 0.0634. The number of carbonyl (C=O) groups is 1. The number of hydrogen-bond donors (Lipinski definition) is 0. The molecule has 110 valence electrons. The van der Waals surface area contributed by atoms with Gasteiger partial charge >= 0.3 is 0 Å². The van der Waals surface area contributed by atoms with Crippen LogP contribution in [0, 0.1) is 3.57 Å². The van der Waals surface area contributed by atoms with Gasteiger partial charge < -0.3 is 4.90 Å². The van der Waals surface area contributed by atoms with Gasteiger partial charge in [0, 0.05) is 16.2 Å². The van der Waals surface area contributed by atoms with E-state index in [0.29, 0.717) is 16.6 Å². The van der Waals surface area contributed by atoms with Crippen LogP contribution >= 0.6 is 34.2 Å². The lowest BCUT2D eigenvalue weighted by Crippen LogP contribution is -2.42. The van der Waals surface area contributed by atoms with Crippen molar-refractivity contribution in [2.24, 2.45) is 0 Å². The molecule has 0 aromatic heterocycles. The first-order chi connectivity index (χ1) is 9.63. The van der Waals surface area contributed by atoms with Crippen molar-refractivity contribution in [3.05, 3.63) is 32.4 Å². The van der Waals surface area contributed by atoms with Crippen molar-refractivity contribution in [1.29, 1.82) is 0 Å². The summed E-state index contributed by atoms with van der Waals surface area (Å²) >= 11 is 8.45. The molecule has 0 N–H and O–H groups in total. The highest BCUT2D eigenvalue weighted by molar-refractivity contribution is 14.1. The fraction of sp³-hybridized carbons (Fsp3) is 0.562. The van der Waals surface area contributed by atoms with Crippen molar-refractivity contribution in [3.63, 3.8) is 0 Å². The van der Waals surface area contributed by atoms with Gasteiger partial charge in [-0.1, -0.05) is 37.8 Å². The monoisotopic (exact) mass is 405 g/mol. The van der Waals surface area contributed by atoms with E-state index in [4.69, 9.17) is 11.6 Å². The topological polar surface area (TPSA) is 20.3 Å². The smallest absolute Gasteiger partial charge is 0.255 e. The third-order valence-electron chi connectivity index (χ3n) is 3.90. The van der Waals surface area contributed by atoms with Gasteiger partial charge in [0.25, 0.3) is 5.91 Å². The van der Waals surface area contributed by atoms with Crippen LogP contribution < -0.4 is 0 Å². The van der Waals surface area contributed by atoms with Crippen LogP contribution in [0.5, 0.6) is 0 Å². The quantitative estimate of drug-likeness (QED) is 0.636. The van der Waals surface area contributed by atoms with E-state index in [2.05, 4.69) is 34.4 Å². The average Bonchev–Trinajstić information content (AvgIpc) is 2.47. The van der Waals surface area contributed by atoms with Crippen molar-refractivity contribution in [2.75, 3.05) is 6.54 Å². The summed E-state index contributed by atoms with van der Waals surface area (Å²) in [6, 6.07) is 6.05. The first-order valence-corrected chi connectivity index (χ1v) is 8.85. The van der Waals surface area contributed by atoms with Crippen LogP contribution in [0.25, 0.3) is 0 Å². The Morgan fingerprint density at radius 3 is 2.70 bits per heavy atom. The van der Waals surface area contributed by atoms with Gasteiger partial charge in [0.2, 0.25) is 0 Å². The molecular weight excluding hydrogens is 385 g/mol. The molecule has 1 aliphatic rings. The number of hydrogen-bond acceptors (Lipinski definition) is 1. The van der Waals surface area contributed by atoms with E-state index in [0.717, 1.165) is 29.4 Å². The summed E-state index contributed by atoms with van der Waals surface area (Å²) < 4.78 is 1.05. The van der Waals surface area contributed by atoms with Crippen LogP contribution in [0.2, 0.25) is 5.02 Å². The largest absolute Gasteiger partial charge is 0.336 e. The van der Waals surface area contributed by atoms with Crippen LogP contribution in [-0.4, -0.2) is 23.4 Å². The van der Waals surface area contributed by atoms with Crippen LogP contribution in [0.1, 0.15) is 55.8 Å². The molecule has 0 bridgehead atoms. The highest BCUT2D eigenvalue weighted by Gasteiger charge is 2.26. The molecular formula is C16H21ClINO. The maximum absolute atomic E-state index is 12.8. The predicted octanol–water partition coefficient (Wildman–Crippen LogP) is 5.13. The Kier molecular flexibility index (Phi) is 6.15. The van der Waals surface area contributed by atoms with E-state index in [-0.39, 0.29) is 5.91 Å². The fourth-order valence-corrected chi connectivity index (χ4v) is 3.59. The van der Waals surface area contributed by atoms with E-state index in [9.17, 15) is 4.79 Å². The molecule has 1 aromatic rings. The molecule has 1 aliphatic carbocycles. The molecule has 0 unspecified atom stereocenters. The zero-order chi connectivity index (χ0) is 14.5. The minimum absolute atomic E-state index is 0.0993. The minimum Gasteiger partial charge on any atom is -0.336 e. The number of carbonyl (C=O) groups excluding carboxylic acids is 1. The summed E-state index contributed by atoms with van der Waals surface area (Å²) in [7, 11) is 0. The Hall–Kier alpha value is -0.290. The number of halogens is 2. The molecule has 1 aromatic carbocycles. The first kappa shape index (κ1) is 16.1.